The maximum atomic E-state index is 12.5. The van der Waals surface area contributed by atoms with Crippen LogP contribution in [0.1, 0.15) is 12.5 Å². The maximum absolute atomic E-state index is 12.5. The number of carbonyl (C=O) groups excluding carboxylic acids is 1. The van der Waals surface area contributed by atoms with Crippen molar-refractivity contribution in [3.8, 4) is 11.6 Å². The molecule has 0 aliphatic carbocycles. The number of amides is 1. The Kier molecular flexibility index (Phi) is 5.13. The van der Waals surface area contributed by atoms with Gasteiger partial charge in [0.1, 0.15) is 5.75 Å². The monoisotopic (exact) mass is 365 g/mol. The Morgan fingerprint density at radius 2 is 1.92 bits per heavy atom. The molecule has 1 aliphatic rings. The molecule has 26 heavy (non-hydrogen) atoms. The highest BCUT2D eigenvalue weighted by atomic mass is 19.4. The van der Waals surface area contributed by atoms with Crippen molar-refractivity contribution in [2.75, 3.05) is 18.4 Å². The first-order valence-electron chi connectivity index (χ1n) is 8.15. The van der Waals surface area contributed by atoms with Crippen molar-refractivity contribution in [1.29, 1.82) is 0 Å². The van der Waals surface area contributed by atoms with Gasteiger partial charge in [0.05, 0.1) is 17.4 Å². The number of aromatic nitrogens is 1. The summed E-state index contributed by atoms with van der Waals surface area (Å²) in [5.41, 5.74) is -0.208. The van der Waals surface area contributed by atoms with Gasteiger partial charge in [-0.3, -0.25) is 4.79 Å². The van der Waals surface area contributed by atoms with Crippen LogP contribution in [0.2, 0.25) is 0 Å². The standard InChI is InChI=1S/C18H18F3N3O2/c1-11(12-8-22-9-12)17(25)24-14-4-7-16(23-10-14)26-15-5-2-13(3-6-15)18(19,20)21/h2-7,10-12,22H,8-9H2,1H3,(H,24,25). The van der Waals surface area contributed by atoms with Gasteiger partial charge < -0.3 is 15.4 Å². The zero-order valence-corrected chi connectivity index (χ0v) is 14.0. The molecule has 1 amide bonds. The highest BCUT2D eigenvalue weighted by molar-refractivity contribution is 5.92. The molecule has 0 radical (unpaired) electrons. The van der Waals surface area contributed by atoms with Crippen molar-refractivity contribution in [1.82, 2.24) is 10.3 Å². The van der Waals surface area contributed by atoms with Crippen molar-refractivity contribution in [3.05, 3.63) is 48.2 Å². The largest absolute Gasteiger partial charge is 0.439 e. The fourth-order valence-electron chi connectivity index (χ4n) is 2.48. The van der Waals surface area contributed by atoms with Crippen molar-refractivity contribution in [2.24, 2.45) is 11.8 Å². The normalized spacial score (nSPS) is 15.8. The number of nitrogens with one attached hydrogen (secondary N) is 2. The Balaban J connectivity index is 1.58. The van der Waals surface area contributed by atoms with Gasteiger partial charge >= 0.3 is 6.18 Å². The highest BCUT2D eigenvalue weighted by Gasteiger charge is 2.30. The summed E-state index contributed by atoms with van der Waals surface area (Å²) < 4.78 is 43.0. The highest BCUT2D eigenvalue weighted by Crippen LogP contribution is 2.31. The lowest BCUT2D eigenvalue weighted by atomic mass is 9.88. The van der Waals surface area contributed by atoms with Gasteiger partial charge in [0.25, 0.3) is 0 Å². The number of rotatable bonds is 5. The van der Waals surface area contributed by atoms with E-state index in [0.717, 1.165) is 25.2 Å². The van der Waals surface area contributed by atoms with Crippen LogP contribution in [0.3, 0.4) is 0 Å². The van der Waals surface area contributed by atoms with Gasteiger partial charge in [0, 0.05) is 12.0 Å². The van der Waals surface area contributed by atoms with Crippen LogP contribution >= 0.6 is 0 Å². The zero-order valence-electron chi connectivity index (χ0n) is 14.0. The molecule has 1 aromatic carbocycles. The van der Waals surface area contributed by atoms with Crippen LogP contribution < -0.4 is 15.4 Å². The number of alkyl halides is 3. The van der Waals surface area contributed by atoms with E-state index in [2.05, 4.69) is 15.6 Å². The molecule has 1 saturated heterocycles. The van der Waals surface area contributed by atoms with E-state index in [-0.39, 0.29) is 23.5 Å². The van der Waals surface area contributed by atoms with E-state index in [9.17, 15) is 18.0 Å². The van der Waals surface area contributed by atoms with Gasteiger partial charge in [0.15, 0.2) is 0 Å². The second-order valence-corrected chi connectivity index (χ2v) is 6.21. The number of hydrogen-bond donors (Lipinski definition) is 2. The van der Waals surface area contributed by atoms with Crippen molar-refractivity contribution in [3.63, 3.8) is 0 Å². The molecule has 2 N–H and O–H groups in total. The minimum Gasteiger partial charge on any atom is -0.439 e. The Morgan fingerprint density at radius 3 is 2.42 bits per heavy atom. The number of pyridine rings is 1. The molecule has 1 aliphatic heterocycles. The lowest BCUT2D eigenvalue weighted by Crippen LogP contribution is -2.48. The lowest BCUT2D eigenvalue weighted by Gasteiger charge is -2.31. The van der Waals surface area contributed by atoms with E-state index in [0.29, 0.717) is 11.6 Å². The van der Waals surface area contributed by atoms with Gasteiger partial charge in [-0.15, -0.1) is 0 Å². The van der Waals surface area contributed by atoms with E-state index in [4.69, 9.17) is 4.74 Å². The minimum absolute atomic E-state index is 0.0743. The molecule has 1 aromatic heterocycles. The van der Waals surface area contributed by atoms with Crippen molar-refractivity contribution >= 4 is 11.6 Å². The number of hydrogen-bond acceptors (Lipinski definition) is 4. The summed E-state index contributed by atoms with van der Waals surface area (Å²) >= 11 is 0. The average molecular weight is 365 g/mol. The van der Waals surface area contributed by atoms with Crippen LogP contribution in [0.15, 0.2) is 42.6 Å². The van der Waals surface area contributed by atoms with Gasteiger partial charge in [-0.2, -0.15) is 13.2 Å². The molecule has 0 saturated carbocycles. The van der Waals surface area contributed by atoms with Crippen LogP contribution in [0.25, 0.3) is 0 Å². The number of ether oxygens (including phenoxy) is 1. The molecule has 1 unspecified atom stereocenters. The number of nitrogens with zero attached hydrogens (tertiary/aromatic N) is 1. The second-order valence-electron chi connectivity index (χ2n) is 6.21. The quantitative estimate of drug-likeness (QED) is 0.848. The first kappa shape index (κ1) is 18.2. The van der Waals surface area contributed by atoms with Crippen LogP contribution in [-0.4, -0.2) is 24.0 Å². The van der Waals surface area contributed by atoms with Crippen molar-refractivity contribution < 1.29 is 22.7 Å². The smallest absolute Gasteiger partial charge is 0.416 e. The molecule has 1 fully saturated rings. The number of benzene rings is 1. The molecular weight excluding hydrogens is 347 g/mol. The number of halogens is 3. The molecule has 2 aromatic rings. The van der Waals surface area contributed by atoms with Crippen LogP contribution in [0.5, 0.6) is 11.6 Å². The first-order valence-corrected chi connectivity index (χ1v) is 8.15. The zero-order chi connectivity index (χ0) is 18.7. The van der Waals surface area contributed by atoms with Crippen LogP contribution in [0, 0.1) is 11.8 Å². The summed E-state index contributed by atoms with van der Waals surface area (Å²) in [7, 11) is 0. The summed E-state index contributed by atoms with van der Waals surface area (Å²) in [5.74, 6) is 0.631. The molecule has 5 nitrogen and oxygen atoms in total. The summed E-state index contributed by atoms with van der Waals surface area (Å²) in [6.07, 6.45) is -2.94. The Bertz CT molecular complexity index is 757. The number of carbonyl (C=O) groups is 1. The first-order chi connectivity index (χ1) is 12.3. The van der Waals surface area contributed by atoms with Crippen LogP contribution in [-0.2, 0) is 11.0 Å². The third-order valence-corrected chi connectivity index (χ3v) is 4.34. The van der Waals surface area contributed by atoms with E-state index in [1.807, 2.05) is 6.92 Å². The van der Waals surface area contributed by atoms with Gasteiger partial charge in [0.2, 0.25) is 11.8 Å². The third-order valence-electron chi connectivity index (χ3n) is 4.34. The molecule has 8 heteroatoms. The van der Waals surface area contributed by atoms with E-state index < -0.39 is 11.7 Å². The third kappa shape index (κ3) is 4.32. The summed E-state index contributed by atoms with van der Waals surface area (Å²) in [5, 5.41) is 5.93. The molecule has 138 valence electrons. The SMILES string of the molecule is CC(C(=O)Nc1ccc(Oc2ccc(C(F)(F)F)cc2)nc1)C1CNC1. The van der Waals surface area contributed by atoms with Gasteiger partial charge in [-0.05, 0) is 49.3 Å². The lowest BCUT2D eigenvalue weighted by molar-refractivity contribution is -0.137. The molecule has 2 heterocycles. The van der Waals surface area contributed by atoms with Gasteiger partial charge in [-0.25, -0.2) is 4.98 Å². The summed E-state index contributed by atoms with van der Waals surface area (Å²) in [4.78, 5) is 16.2. The maximum Gasteiger partial charge on any atom is 0.416 e. The molecule has 0 bridgehead atoms. The van der Waals surface area contributed by atoms with E-state index >= 15 is 0 Å². The summed E-state index contributed by atoms with van der Waals surface area (Å²) in [6, 6.07) is 7.53. The molecule has 3 rings (SSSR count). The number of anilines is 1. The Morgan fingerprint density at radius 1 is 1.23 bits per heavy atom. The fraction of sp³-hybridized carbons (Fsp3) is 0.333. The van der Waals surface area contributed by atoms with Crippen LogP contribution in [0.4, 0.5) is 18.9 Å². The summed E-state index contributed by atoms with van der Waals surface area (Å²) in [6.45, 7) is 3.57. The predicted molar refractivity (Wildman–Crippen MR) is 89.9 cm³/mol. The average Bonchev–Trinajstić information content (AvgIpc) is 2.54. The fourth-order valence-corrected chi connectivity index (χ4v) is 2.48. The van der Waals surface area contributed by atoms with E-state index in [1.54, 1.807) is 12.1 Å². The predicted octanol–water partition coefficient (Wildman–Crippen LogP) is 3.69. The molecule has 1 atom stereocenters. The Hall–Kier alpha value is -2.61. The minimum atomic E-state index is -4.39. The molecular formula is C18H18F3N3O2. The van der Waals surface area contributed by atoms with E-state index in [1.165, 1.54) is 18.3 Å². The Labute approximate surface area is 148 Å². The second kappa shape index (κ2) is 7.33. The van der Waals surface area contributed by atoms with Crippen molar-refractivity contribution in [2.45, 2.75) is 13.1 Å². The van der Waals surface area contributed by atoms with Gasteiger partial charge in [-0.1, -0.05) is 6.92 Å². The molecule has 0 spiro atoms. The topological polar surface area (TPSA) is 63.2 Å².